The Bertz CT molecular complexity index is 1300. The molecule has 10 heteroatoms. The van der Waals surface area contributed by atoms with Gasteiger partial charge >= 0.3 is 0 Å². The summed E-state index contributed by atoms with van der Waals surface area (Å²) >= 11 is 7.56. The van der Waals surface area contributed by atoms with E-state index in [1.807, 2.05) is 31.2 Å². The number of carbonyl (C=O) groups excluding carboxylic acids is 1. The van der Waals surface area contributed by atoms with Gasteiger partial charge in [0.1, 0.15) is 5.75 Å². The molecule has 0 aliphatic carbocycles. The van der Waals surface area contributed by atoms with Crippen LogP contribution >= 0.6 is 22.9 Å². The van der Waals surface area contributed by atoms with E-state index in [9.17, 15) is 14.9 Å². The Balaban J connectivity index is 1.79. The summed E-state index contributed by atoms with van der Waals surface area (Å²) in [5, 5.41) is 11.8. The highest BCUT2D eigenvalue weighted by molar-refractivity contribution is 7.22. The quantitative estimate of drug-likeness (QED) is 0.262. The van der Waals surface area contributed by atoms with Crippen LogP contribution in [0.15, 0.2) is 60.8 Å². The van der Waals surface area contributed by atoms with Crippen molar-refractivity contribution in [1.82, 2.24) is 9.97 Å². The van der Waals surface area contributed by atoms with E-state index in [0.29, 0.717) is 28.7 Å². The van der Waals surface area contributed by atoms with Crippen molar-refractivity contribution in [1.29, 1.82) is 0 Å². The fourth-order valence-corrected chi connectivity index (χ4v) is 4.27. The first-order valence-electron chi connectivity index (χ1n) is 9.65. The SMILES string of the molecule is CCOc1ccc2nc(N(Cc3ccccn3)C(=O)c3cc([N+](=O)[O-])ccc3Cl)sc2c1. The van der Waals surface area contributed by atoms with Crippen molar-refractivity contribution in [3.63, 3.8) is 0 Å². The molecular weight excluding hydrogens is 452 g/mol. The second kappa shape index (κ2) is 9.29. The minimum absolute atomic E-state index is 0.0195. The highest BCUT2D eigenvalue weighted by atomic mass is 35.5. The highest BCUT2D eigenvalue weighted by Crippen LogP contribution is 2.34. The van der Waals surface area contributed by atoms with Crippen LogP contribution in [0.25, 0.3) is 10.2 Å². The molecule has 0 bridgehead atoms. The number of nitro benzene ring substituents is 1. The lowest BCUT2D eigenvalue weighted by Gasteiger charge is -2.20. The van der Waals surface area contributed by atoms with E-state index >= 15 is 0 Å². The molecule has 4 aromatic rings. The third-order valence-corrected chi connectivity index (χ3v) is 5.94. The number of aromatic nitrogens is 2. The predicted molar refractivity (Wildman–Crippen MR) is 124 cm³/mol. The van der Waals surface area contributed by atoms with Crippen molar-refractivity contribution < 1.29 is 14.5 Å². The molecule has 0 saturated heterocycles. The van der Waals surface area contributed by atoms with E-state index in [-0.39, 0.29) is 22.8 Å². The molecule has 0 atom stereocenters. The van der Waals surface area contributed by atoms with E-state index in [1.54, 1.807) is 18.3 Å². The Morgan fingerprint density at radius 2 is 2.06 bits per heavy atom. The predicted octanol–water partition coefficient (Wildman–Crippen LogP) is 5.50. The number of nitrogens with zero attached hydrogens (tertiary/aromatic N) is 4. The third-order valence-electron chi connectivity index (χ3n) is 4.57. The highest BCUT2D eigenvalue weighted by Gasteiger charge is 2.26. The van der Waals surface area contributed by atoms with Crippen molar-refractivity contribution in [2.75, 3.05) is 11.5 Å². The van der Waals surface area contributed by atoms with Gasteiger partial charge in [-0.05, 0) is 43.3 Å². The molecule has 0 saturated carbocycles. The Labute approximate surface area is 192 Å². The summed E-state index contributed by atoms with van der Waals surface area (Å²) in [4.78, 5) is 34.5. The minimum Gasteiger partial charge on any atom is -0.494 e. The second-order valence-electron chi connectivity index (χ2n) is 6.69. The molecular formula is C22H17ClN4O4S. The first kappa shape index (κ1) is 21.7. The molecule has 1 amide bonds. The molecule has 32 heavy (non-hydrogen) atoms. The van der Waals surface area contributed by atoms with Gasteiger partial charge in [-0.2, -0.15) is 0 Å². The number of carbonyl (C=O) groups is 1. The molecule has 2 heterocycles. The zero-order valence-electron chi connectivity index (χ0n) is 16.9. The maximum Gasteiger partial charge on any atom is 0.270 e. The number of rotatable bonds is 7. The maximum atomic E-state index is 13.5. The van der Waals surface area contributed by atoms with Gasteiger partial charge in [-0.1, -0.05) is 29.0 Å². The number of non-ortho nitro benzene ring substituents is 1. The number of halogens is 1. The van der Waals surface area contributed by atoms with Crippen molar-refractivity contribution >= 4 is 49.9 Å². The number of nitro groups is 1. The number of pyridine rings is 1. The van der Waals surface area contributed by atoms with E-state index in [0.717, 1.165) is 4.70 Å². The largest absolute Gasteiger partial charge is 0.494 e. The molecule has 162 valence electrons. The Morgan fingerprint density at radius 1 is 1.22 bits per heavy atom. The van der Waals surface area contributed by atoms with Crippen LogP contribution in [0.2, 0.25) is 5.02 Å². The molecule has 0 unspecified atom stereocenters. The van der Waals surface area contributed by atoms with Crippen LogP contribution in [-0.2, 0) is 6.54 Å². The van der Waals surface area contributed by atoms with Crippen LogP contribution in [0, 0.1) is 10.1 Å². The minimum atomic E-state index is -0.566. The first-order chi connectivity index (χ1) is 15.5. The van der Waals surface area contributed by atoms with E-state index in [2.05, 4.69) is 9.97 Å². The van der Waals surface area contributed by atoms with Gasteiger partial charge in [0.05, 0.1) is 44.6 Å². The summed E-state index contributed by atoms with van der Waals surface area (Å²) in [5.74, 6) is 0.202. The third kappa shape index (κ3) is 4.53. The first-order valence-corrected chi connectivity index (χ1v) is 10.8. The van der Waals surface area contributed by atoms with Crippen LogP contribution in [0.5, 0.6) is 5.75 Å². The molecule has 0 spiro atoms. The Hall–Kier alpha value is -3.56. The second-order valence-corrected chi connectivity index (χ2v) is 8.11. The van der Waals surface area contributed by atoms with Gasteiger partial charge in [-0.15, -0.1) is 0 Å². The van der Waals surface area contributed by atoms with Gasteiger partial charge < -0.3 is 4.74 Å². The number of fused-ring (bicyclic) bond motifs is 1. The summed E-state index contributed by atoms with van der Waals surface area (Å²) in [6.07, 6.45) is 1.63. The number of benzene rings is 2. The van der Waals surface area contributed by atoms with Gasteiger partial charge in [-0.25, -0.2) is 4.98 Å². The average Bonchev–Trinajstić information content (AvgIpc) is 3.21. The van der Waals surface area contributed by atoms with Crippen molar-refractivity contribution in [3.05, 3.63) is 87.2 Å². The van der Waals surface area contributed by atoms with Crippen LogP contribution in [0.1, 0.15) is 23.0 Å². The maximum absolute atomic E-state index is 13.5. The zero-order chi connectivity index (χ0) is 22.7. The molecule has 4 rings (SSSR count). The molecule has 0 aliphatic heterocycles. The van der Waals surface area contributed by atoms with Crippen LogP contribution in [0.3, 0.4) is 0 Å². The van der Waals surface area contributed by atoms with Gasteiger partial charge in [0.2, 0.25) is 0 Å². The average molecular weight is 469 g/mol. The lowest BCUT2D eigenvalue weighted by atomic mass is 10.1. The number of anilines is 1. The summed E-state index contributed by atoms with van der Waals surface area (Å²) < 4.78 is 6.40. The topological polar surface area (TPSA) is 98.5 Å². The van der Waals surface area contributed by atoms with Crippen molar-refractivity contribution in [2.24, 2.45) is 0 Å². The van der Waals surface area contributed by atoms with Crippen LogP contribution < -0.4 is 9.64 Å². The zero-order valence-corrected chi connectivity index (χ0v) is 18.5. The van der Waals surface area contributed by atoms with Crippen molar-refractivity contribution in [3.8, 4) is 5.75 Å². The number of hydrogen-bond donors (Lipinski definition) is 0. The number of hydrogen-bond acceptors (Lipinski definition) is 7. The standard InChI is InChI=1S/C22H17ClN4O4S/c1-2-31-16-7-9-19-20(12-16)32-22(25-19)26(13-14-5-3-4-10-24-14)21(28)17-11-15(27(29)30)6-8-18(17)23/h3-12H,2,13H2,1H3. The summed E-state index contributed by atoms with van der Waals surface area (Å²) in [5.41, 5.74) is 1.14. The van der Waals surface area contributed by atoms with Gasteiger partial charge in [-0.3, -0.25) is 24.8 Å². The summed E-state index contributed by atoms with van der Waals surface area (Å²) in [7, 11) is 0. The Morgan fingerprint density at radius 3 is 2.78 bits per heavy atom. The van der Waals surface area contributed by atoms with E-state index in [4.69, 9.17) is 16.3 Å². The van der Waals surface area contributed by atoms with Gasteiger partial charge in [0.25, 0.3) is 11.6 Å². The number of thiazole rings is 1. The number of amides is 1. The summed E-state index contributed by atoms with van der Waals surface area (Å²) in [6.45, 7) is 2.56. The molecule has 0 aliphatic rings. The van der Waals surface area contributed by atoms with Gasteiger partial charge in [0.15, 0.2) is 5.13 Å². The molecule has 2 aromatic carbocycles. The molecule has 0 fully saturated rings. The fraction of sp³-hybridized carbons (Fsp3) is 0.136. The molecule has 0 N–H and O–H groups in total. The van der Waals surface area contributed by atoms with E-state index < -0.39 is 10.8 Å². The number of ether oxygens (including phenoxy) is 1. The molecule has 2 aromatic heterocycles. The fourth-order valence-electron chi connectivity index (χ4n) is 3.08. The molecule has 8 nitrogen and oxygen atoms in total. The monoisotopic (exact) mass is 468 g/mol. The summed E-state index contributed by atoms with van der Waals surface area (Å²) in [6, 6.07) is 14.7. The smallest absolute Gasteiger partial charge is 0.270 e. The normalized spacial score (nSPS) is 10.8. The van der Waals surface area contributed by atoms with Crippen molar-refractivity contribution in [2.45, 2.75) is 13.5 Å². The van der Waals surface area contributed by atoms with Crippen LogP contribution in [0.4, 0.5) is 10.8 Å². The van der Waals surface area contributed by atoms with E-state index in [1.165, 1.54) is 34.4 Å². The Kier molecular flexibility index (Phi) is 6.29. The van der Waals surface area contributed by atoms with Crippen LogP contribution in [-0.4, -0.2) is 27.4 Å². The van der Waals surface area contributed by atoms with Gasteiger partial charge in [0, 0.05) is 18.3 Å². The lowest BCUT2D eigenvalue weighted by molar-refractivity contribution is -0.384. The molecule has 0 radical (unpaired) electrons. The lowest BCUT2D eigenvalue weighted by Crippen LogP contribution is -2.31.